The number of halogens is 1. The Morgan fingerprint density at radius 2 is 1.81 bits per heavy atom. The van der Waals surface area contributed by atoms with E-state index in [1.807, 2.05) is 0 Å². The van der Waals surface area contributed by atoms with E-state index in [0.717, 1.165) is 6.42 Å². The highest BCUT2D eigenvalue weighted by Crippen LogP contribution is 2.34. The van der Waals surface area contributed by atoms with Gasteiger partial charge in [-0.15, -0.1) is 0 Å². The normalized spacial score (nSPS) is 20.2. The SMILES string of the molecule is CCC(N)C(c1ccccc1Br)N(C)C1CCCCCC1. The van der Waals surface area contributed by atoms with Gasteiger partial charge in [-0.25, -0.2) is 0 Å². The zero-order chi connectivity index (χ0) is 15.2. The molecule has 2 N–H and O–H groups in total. The van der Waals surface area contributed by atoms with Crippen molar-refractivity contribution in [1.82, 2.24) is 4.90 Å². The number of rotatable bonds is 5. The number of likely N-dealkylation sites (N-methyl/N-ethyl adjacent to an activating group) is 1. The Morgan fingerprint density at radius 1 is 1.19 bits per heavy atom. The zero-order valence-corrected chi connectivity index (χ0v) is 15.0. The van der Waals surface area contributed by atoms with Crippen LogP contribution in [0.3, 0.4) is 0 Å². The first-order valence-corrected chi connectivity index (χ1v) is 9.16. The second-order valence-electron chi connectivity index (χ2n) is 6.35. The Bertz CT molecular complexity index is 427. The van der Waals surface area contributed by atoms with E-state index in [9.17, 15) is 0 Å². The second-order valence-corrected chi connectivity index (χ2v) is 7.20. The first-order chi connectivity index (χ1) is 10.1. The fourth-order valence-electron chi connectivity index (χ4n) is 3.58. The topological polar surface area (TPSA) is 29.3 Å². The molecule has 1 saturated carbocycles. The van der Waals surface area contributed by atoms with Crippen LogP contribution in [0.4, 0.5) is 0 Å². The van der Waals surface area contributed by atoms with Gasteiger partial charge in [0, 0.05) is 16.6 Å². The van der Waals surface area contributed by atoms with Crippen molar-refractivity contribution in [2.24, 2.45) is 5.73 Å². The molecule has 0 radical (unpaired) electrons. The van der Waals surface area contributed by atoms with E-state index in [2.05, 4.69) is 59.1 Å². The van der Waals surface area contributed by atoms with Crippen LogP contribution in [-0.4, -0.2) is 24.0 Å². The maximum atomic E-state index is 6.50. The van der Waals surface area contributed by atoms with E-state index in [1.54, 1.807) is 0 Å². The number of hydrogen-bond acceptors (Lipinski definition) is 2. The van der Waals surface area contributed by atoms with E-state index in [4.69, 9.17) is 5.73 Å². The molecule has 0 saturated heterocycles. The molecule has 2 nitrogen and oxygen atoms in total. The average Bonchev–Trinajstić information content (AvgIpc) is 2.78. The smallest absolute Gasteiger partial charge is 0.0510 e. The summed E-state index contributed by atoms with van der Waals surface area (Å²) in [6.45, 7) is 2.19. The Kier molecular flexibility index (Phi) is 6.72. The highest BCUT2D eigenvalue weighted by Gasteiger charge is 2.29. The van der Waals surface area contributed by atoms with Crippen molar-refractivity contribution in [2.75, 3.05) is 7.05 Å². The molecular formula is C18H29BrN2. The van der Waals surface area contributed by atoms with Crippen molar-refractivity contribution < 1.29 is 0 Å². The van der Waals surface area contributed by atoms with Gasteiger partial charge < -0.3 is 5.73 Å². The lowest BCUT2D eigenvalue weighted by atomic mass is 9.94. The standard InChI is InChI=1S/C18H29BrN2/c1-3-17(20)18(15-12-8-9-13-16(15)19)21(2)14-10-6-4-5-7-11-14/h8-9,12-14,17-18H,3-7,10-11,20H2,1-2H3. The molecule has 2 atom stereocenters. The molecule has 21 heavy (non-hydrogen) atoms. The first kappa shape index (κ1) is 17.0. The van der Waals surface area contributed by atoms with Crippen molar-refractivity contribution in [1.29, 1.82) is 0 Å². The third-order valence-electron chi connectivity index (χ3n) is 4.94. The fourth-order valence-corrected chi connectivity index (χ4v) is 4.10. The van der Waals surface area contributed by atoms with Crippen LogP contribution in [0.25, 0.3) is 0 Å². The van der Waals surface area contributed by atoms with Gasteiger partial charge in [0.1, 0.15) is 0 Å². The third kappa shape index (κ3) is 4.30. The van der Waals surface area contributed by atoms with Gasteiger partial charge in [-0.1, -0.05) is 66.7 Å². The molecule has 2 rings (SSSR count). The maximum absolute atomic E-state index is 6.50. The molecule has 118 valence electrons. The van der Waals surface area contributed by atoms with Crippen molar-refractivity contribution in [3.05, 3.63) is 34.3 Å². The van der Waals surface area contributed by atoms with Gasteiger partial charge >= 0.3 is 0 Å². The van der Waals surface area contributed by atoms with Gasteiger partial charge in [-0.2, -0.15) is 0 Å². The largest absolute Gasteiger partial charge is 0.326 e. The number of hydrogen-bond donors (Lipinski definition) is 1. The molecule has 1 aliphatic carbocycles. The summed E-state index contributed by atoms with van der Waals surface area (Å²) in [6, 6.07) is 9.70. The molecule has 0 aliphatic heterocycles. The summed E-state index contributed by atoms with van der Waals surface area (Å²) >= 11 is 3.72. The molecule has 1 fully saturated rings. The molecule has 3 heteroatoms. The van der Waals surface area contributed by atoms with Gasteiger partial charge in [0.2, 0.25) is 0 Å². The van der Waals surface area contributed by atoms with Crippen LogP contribution in [0.2, 0.25) is 0 Å². The summed E-state index contributed by atoms with van der Waals surface area (Å²) in [5.41, 5.74) is 7.83. The van der Waals surface area contributed by atoms with Gasteiger partial charge in [-0.05, 0) is 37.9 Å². The predicted octanol–water partition coefficient (Wildman–Crippen LogP) is 4.88. The Hall–Kier alpha value is -0.380. The summed E-state index contributed by atoms with van der Waals surface area (Å²) < 4.78 is 1.18. The minimum absolute atomic E-state index is 0.178. The van der Waals surface area contributed by atoms with Crippen LogP contribution in [-0.2, 0) is 0 Å². The van der Waals surface area contributed by atoms with Crippen LogP contribution in [0.1, 0.15) is 63.5 Å². The fraction of sp³-hybridized carbons (Fsp3) is 0.667. The van der Waals surface area contributed by atoms with Gasteiger partial charge in [0.25, 0.3) is 0 Å². The van der Waals surface area contributed by atoms with Crippen LogP contribution in [0.5, 0.6) is 0 Å². The average molecular weight is 353 g/mol. The quantitative estimate of drug-likeness (QED) is 0.765. The summed E-state index contributed by atoms with van der Waals surface area (Å²) in [4.78, 5) is 2.56. The second kappa shape index (κ2) is 8.30. The minimum atomic E-state index is 0.178. The minimum Gasteiger partial charge on any atom is -0.326 e. The molecule has 0 amide bonds. The molecule has 1 aromatic carbocycles. The molecule has 2 unspecified atom stereocenters. The monoisotopic (exact) mass is 352 g/mol. The molecule has 1 aliphatic rings. The number of nitrogens with two attached hydrogens (primary N) is 1. The number of benzene rings is 1. The zero-order valence-electron chi connectivity index (χ0n) is 13.4. The van der Waals surface area contributed by atoms with Gasteiger partial charge in [-0.3, -0.25) is 4.90 Å². The van der Waals surface area contributed by atoms with Crippen molar-refractivity contribution >= 4 is 15.9 Å². The Balaban J connectivity index is 2.24. The lowest BCUT2D eigenvalue weighted by Crippen LogP contribution is -2.44. The van der Waals surface area contributed by atoms with Crippen molar-refractivity contribution in [2.45, 2.75) is 70.0 Å². The Labute approximate surface area is 138 Å². The highest BCUT2D eigenvalue weighted by atomic mass is 79.9. The molecule has 0 aromatic heterocycles. The summed E-state index contributed by atoms with van der Waals surface area (Å²) in [7, 11) is 2.27. The summed E-state index contributed by atoms with van der Waals surface area (Å²) in [6.07, 6.45) is 9.14. The molecule has 1 aromatic rings. The van der Waals surface area contributed by atoms with Crippen LogP contribution < -0.4 is 5.73 Å². The first-order valence-electron chi connectivity index (χ1n) is 8.37. The van der Waals surface area contributed by atoms with E-state index in [1.165, 1.54) is 48.6 Å². The highest BCUT2D eigenvalue weighted by molar-refractivity contribution is 9.10. The van der Waals surface area contributed by atoms with E-state index < -0.39 is 0 Å². The molecular weight excluding hydrogens is 324 g/mol. The Morgan fingerprint density at radius 3 is 2.38 bits per heavy atom. The molecule has 0 heterocycles. The van der Waals surface area contributed by atoms with Crippen LogP contribution in [0.15, 0.2) is 28.7 Å². The van der Waals surface area contributed by atoms with Crippen molar-refractivity contribution in [3.63, 3.8) is 0 Å². The molecule has 0 bridgehead atoms. The van der Waals surface area contributed by atoms with Gasteiger partial charge in [0.05, 0.1) is 6.04 Å². The maximum Gasteiger partial charge on any atom is 0.0510 e. The third-order valence-corrected chi connectivity index (χ3v) is 5.66. The van der Waals surface area contributed by atoms with Gasteiger partial charge in [0.15, 0.2) is 0 Å². The van der Waals surface area contributed by atoms with Crippen molar-refractivity contribution in [3.8, 4) is 0 Å². The van der Waals surface area contributed by atoms with Crippen LogP contribution in [0, 0.1) is 0 Å². The lowest BCUT2D eigenvalue weighted by Gasteiger charge is -2.38. The van der Waals surface area contributed by atoms with E-state index in [-0.39, 0.29) is 6.04 Å². The number of nitrogens with zero attached hydrogens (tertiary/aromatic N) is 1. The van der Waals surface area contributed by atoms with E-state index in [0.29, 0.717) is 12.1 Å². The van der Waals surface area contributed by atoms with E-state index >= 15 is 0 Å². The summed E-state index contributed by atoms with van der Waals surface area (Å²) in [5, 5.41) is 0. The predicted molar refractivity (Wildman–Crippen MR) is 94.4 cm³/mol. The summed E-state index contributed by atoms with van der Waals surface area (Å²) in [5.74, 6) is 0. The van der Waals surface area contributed by atoms with Crippen LogP contribution >= 0.6 is 15.9 Å². The lowest BCUT2D eigenvalue weighted by molar-refractivity contribution is 0.135. The molecule has 0 spiro atoms.